The van der Waals surface area contributed by atoms with Crippen molar-refractivity contribution in [2.24, 2.45) is 5.11 Å². The molecular formula is C12H16ClN5. The highest BCUT2D eigenvalue weighted by molar-refractivity contribution is 6.33. The predicted molar refractivity (Wildman–Crippen MR) is 74.6 cm³/mol. The second-order valence-corrected chi connectivity index (χ2v) is 4.63. The molecule has 1 heterocycles. The molecule has 1 fully saturated rings. The van der Waals surface area contributed by atoms with Crippen molar-refractivity contribution in [3.05, 3.63) is 33.7 Å². The van der Waals surface area contributed by atoms with E-state index in [-0.39, 0.29) is 0 Å². The molecule has 0 spiro atoms. The Bertz CT molecular complexity index is 462. The molecule has 1 aromatic carbocycles. The molecule has 0 unspecified atom stereocenters. The van der Waals surface area contributed by atoms with Gasteiger partial charge in [0.2, 0.25) is 0 Å². The molecule has 0 N–H and O–H groups in total. The van der Waals surface area contributed by atoms with Crippen molar-refractivity contribution in [3.8, 4) is 0 Å². The van der Waals surface area contributed by atoms with Crippen molar-refractivity contribution in [2.45, 2.75) is 6.92 Å². The van der Waals surface area contributed by atoms with E-state index in [0.29, 0.717) is 10.7 Å². The first-order valence-corrected chi connectivity index (χ1v) is 6.45. The number of likely N-dealkylation sites (N-methyl/N-ethyl adjacent to an activating group) is 1. The summed E-state index contributed by atoms with van der Waals surface area (Å²) in [7, 11) is 0. The molecule has 0 aliphatic carbocycles. The molecule has 0 amide bonds. The molecule has 6 heteroatoms. The maximum Gasteiger partial charge on any atom is 0.0653 e. The summed E-state index contributed by atoms with van der Waals surface area (Å²) in [6.45, 7) is 7.07. The Balaban J connectivity index is 2.25. The molecule has 1 aliphatic rings. The van der Waals surface area contributed by atoms with E-state index in [1.165, 1.54) is 0 Å². The first-order valence-electron chi connectivity index (χ1n) is 6.07. The van der Waals surface area contributed by atoms with Gasteiger partial charge in [-0.05, 0) is 18.1 Å². The summed E-state index contributed by atoms with van der Waals surface area (Å²) in [4.78, 5) is 7.45. The Morgan fingerprint density at radius 1 is 1.33 bits per heavy atom. The third kappa shape index (κ3) is 2.70. The number of anilines is 1. The molecule has 1 saturated heterocycles. The molecule has 0 atom stereocenters. The lowest BCUT2D eigenvalue weighted by atomic mass is 10.2. The Kier molecular flexibility index (Phi) is 4.31. The zero-order valence-corrected chi connectivity index (χ0v) is 11.1. The second kappa shape index (κ2) is 5.96. The van der Waals surface area contributed by atoms with Crippen molar-refractivity contribution in [1.82, 2.24) is 4.90 Å². The van der Waals surface area contributed by atoms with Gasteiger partial charge in [0.25, 0.3) is 0 Å². The topological polar surface area (TPSA) is 55.2 Å². The van der Waals surface area contributed by atoms with Crippen molar-refractivity contribution >= 4 is 23.0 Å². The minimum atomic E-state index is 0.606. The lowest BCUT2D eigenvalue weighted by molar-refractivity contribution is 0.271. The molecule has 1 aromatic rings. The number of azide groups is 1. The number of benzene rings is 1. The molecule has 0 bridgehead atoms. The summed E-state index contributed by atoms with van der Waals surface area (Å²) in [5.74, 6) is 0. The minimum Gasteiger partial charge on any atom is -0.367 e. The van der Waals surface area contributed by atoms with E-state index in [1.807, 2.05) is 6.07 Å². The van der Waals surface area contributed by atoms with Crippen molar-refractivity contribution in [1.29, 1.82) is 0 Å². The summed E-state index contributed by atoms with van der Waals surface area (Å²) < 4.78 is 0. The van der Waals surface area contributed by atoms with Crippen LogP contribution in [-0.2, 0) is 0 Å². The maximum atomic E-state index is 8.60. The highest BCUT2D eigenvalue weighted by Gasteiger charge is 2.19. The van der Waals surface area contributed by atoms with E-state index >= 15 is 0 Å². The predicted octanol–water partition coefficient (Wildman–Crippen LogP) is 3.42. The van der Waals surface area contributed by atoms with Gasteiger partial charge in [-0.3, -0.25) is 0 Å². The smallest absolute Gasteiger partial charge is 0.0653 e. The fourth-order valence-corrected chi connectivity index (χ4v) is 2.52. The fourth-order valence-electron chi connectivity index (χ4n) is 2.23. The molecule has 2 rings (SSSR count). The monoisotopic (exact) mass is 265 g/mol. The van der Waals surface area contributed by atoms with E-state index in [9.17, 15) is 0 Å². The van der Waals surface area contributed by atoms with E-state index in [4.69, 9.17) is 17.1 Å². The molecule has 0 saturated carbocycles. The molecule has 96 valence electrons. The summed E-state index contributed by atoms with van der Waals surface area (Å²) in [5.41, 5.74) is 10.1. The van der Waals surface area contributed by atoms with E-state index in [2.05, 4.69) is 26.7 Å². The number of hydrogen-bond donors (Lipinski definition) is 0. The quantitative estimate of drug-likeness (QED) is 0.478. The molecule has 18 heavy (non-hydrogen) atoms. The molecule has 1 aliphatic heterocycles. The van der Waals surface area contributed by atoms with Crippen LogP contribution in [0.1, 0.15) is 6.92 Å². The number of nitrogens with zero attached hydrogens (tertiary/aromatic N) is 5. The molecule has 5 nitrogen and oxygen atoms in total. The van der Waals surface area contributed by atoms with Crippen molar-refractivity contribution in [3.63, 3.8) is 0 Å². The van der Waals surface area contributed by atoms with Crippen LogP contribution in [0.15, 0.2) is 23.3 Å². The number of para-hydroxylation sites is 1. The van der Waals surface area contributed by atoms with Crippen molar-refractivity contribution in [2.75, 3.05) is 37.6 Å². The highest BCUT2D eigenvalue weighted by atomic mass is 35.5. The fraction of sp³-hybridized carbons (Fsp3) is 0.500. The van der Waals surface area contributed by atoms with E-state index in [0.717, 1.165) is 38.4 Å². The Morgan fingerprint density at radius 3 is 2.67 bits per heavy atom. The van der Waals surface area contributed by atoms with E-state index in [1.54, 1.807) is 12.1 Å². The minimum absolute atomic E-state index is 0.606. The third-order valence-corrected chi connectivity index (χ3v) is 3.56. The standard InChI is InChI=1S/C12H16ClN5/c1-2-17-6-8-18(9-7-17)12-10(13)4-3-5-11(12)15-16-14/h3-5H,2,6-9H2,1H3. The Labute approximate surface area is 112 Å². The number of piperazine rings is 1. The Morgan fingerprint density at radius 2 is 2.06 bits per heavy atom. The SMILES string of the molecule is CCN1CCN(c2c(Cl)cccc2N=[N+]=[N-])CC1. The Hall–Kier alpha value is -1.42. The number of hydrogen-bond acceptors (Lipinski definition) is 3. The zero-order valence-electron chi connectivity index (χ0n) is 10.4. The van der Waals surface area contributed by atoms with Gasteiger partial charge in [-0.1, -0.05) is 35.8 Å². The van der Waals surface area contributed by atoms with Gasteiger partial charge >= 0.3 is 0 Å². The van der Waals surface area contributed by atoms with Gasteiger partial charge in [0.05, 0.1) is 16.4 Å². The van der Waals surface area contributed by atoms with Crippen LogP contribution in [0, 0.1) is 0 Å². The normalized spacial score (nSPS) is 16.4. The van der Waals surface area contributed by atoms with Crippen LogP contribution < -0.4 is 4.90 Å². The lowest BCUT2D eigenvalue weighted by Gasteiger charge is -2.36. The van der Waals surface area contributed by atoms with Crippen LogP contribution in [0.4, 0.5) is 11.4 Å². The average molecular weight is 266 g/mol. The lowest BCUT2D eigenvalue weighted by Crippen LogP contribution is -2.46. The van der Waals surface area contributed by atoms with E-state index < -0.39 is 0 Å². The highest BCUT2D eigenvalue weighted by Crippen LogP contribution is 2.36. The third-order valence-electron chi connectivity index (χ3n) is 3.25. The van der Waals surface area contributed by atoms with Gasteiger partial charge < -0.3 is 9.80 Å². The summed E-state index contributed by atoms with van der Waals surface area (Å²) in [6.07, 6.45) is 0. The summed E-state index contributed by atoms with van der Waals surface area (Å²) in [6, 6.07) is 5.44. The first-order chi connectivity index (χ1) is 8.76. The number of rotatable bonds is 3. The average Bonchev–Trinajstić information content (AvgIpc) is 2.40. The van der Waals surface area contributed by atoms with Gasteiger partial charge in [0, 0.05) is 31.1 Å². The van der Waals surface area contributed by atoms with Crippen LogP contribution in [0.2, 0.25) is 5.02 Å². The van der Waals surface area contributed by atoms with Gasteiger partial charge in [-0.25, -0.2) is 0 Å². The van der Waals surface area contributed by atoms with Crippen LogP contribution in [0.5, 0.6) is 0 Å². The van der Waals surface area contributed by atoms with Gasteiger partial charge in [0.1, 0.15) is 0 Å². The number of halogens is 1. The molecular weight excluding hydrogens is 250 g/mol. The summed E-state index contributed by atoms with van der Waals surface area (Å²) in [5, 5.41) is 4.37. The molecule has 0 aromatic heterocycles. The van der Waals surface area contributed by atoms with Crippen LogP contribution in [-0.4, -0.2) is 37.6 Å². The van der Waals surface area contributed by atoms with Crippen LogP contribution in [0.25, 0.3) is 10.4 Å². The summed E-state index contributed by atoms with van der Waals surface area (Å²) >= 11 is 6.23. The maximum absolute atomic E-state index is 8.60. The van der Waals surface area contributed by atoms with Crippen LogP contribution >= 0.6 is 11.6 Å². The zero-order chi connectivity index (χ0) is 13.0. The first kappa shape index (κ1) is 13.0. The van der Waals surface area contributed by atoms with Crippen LogP contribution in [0.3, 0.4) is 0 Å². The van der Waals surface area contributed by atoms with Crippen molar-refractivity contribution < 1.29 is 0 Å². The van der Waals surface area contributed by atoms with Gasteiger partial charge in [-0.15, -0.1) is 0 Å². The molecule has 0 radical (unpaired) electrons. The van der Waals surface area contributed by atoms with Gasteiger partial charge in [-0.2, -0.15) is 0 Å². The second-order valence-electron chi connectivity index (χ2n) is 4.22. The van der Waals surface area contributed by atoms with Gasteiger partial charge in [0.15, 0.2) is 0 Å². The largest absolute Gasteiger partial charge is 0.367 e.